The van der Waals surface area contributed by atoms with Crippen molar-refractivity contribution >= 4 is 18.2 Å². The second-order valence-corrected chi connectivity index (χ2v) is 6.98. The zero-order chi connectivity index (χ0) is 11.0. The molecule has 3 nitrogen and oxygen atoms in total. The monoisotopic (exact) mass is 238 g/mol. The molecule has 84 valence electrons. The molecule has 0 bridgehead atoms. The Labute approximate surface area is 90.5 Å². The van der Waals surface area contributed by atoms with Crippen molar-refractivity contribution in [2.75, 3.05) is 19.0 Å². The van der Waals surface area contributed by atoms with Crippen LogP contribution in [0.4, 0.5) is 0 Å². The molecule has 0 aromatic rings. The topological polar surface area (TPSA) is 35.5 Å². The predicted octanol–water partition coefficient (Wildman–Crippen LogP) is 3.87. The number of allylic oxidation sites excluding steroid dienone is 1. The molecule has 0 aliphatic carbocycles. The summed E-state index contributed by atoms with van der Waals surface area (Å²) >= 11 is 1.24. The number of rotatable bonds is 7. The normalized spacial score (nSPS) is 11.4. The second-order valence-electron chi connectivity index (χ2n) is 2.86. The number of hydrogen-bond acceptors (Lipinski definition) is 4. The molecule has 0 aliphatic heterocycles. The highest BCUT2D eigenvalue weighted by Gasteiger charge is 2.23. The van der Waals surface area contributed by atoms with Crippen LogP contribution in [0.5, 0.6) is 0 Å². The Balaban J connectivity index is 4.09. The van der Waals surface area contributed by atoms with Gasteiger partial charge in [0.25, 0.3) is 0 Å². The van der Waals surface area contributed by atoms with Crippen molar-refractivity contribution < 1.29 is 13.6 Å². The predicted molar refractivity (Wildman–Crippen MR) is 62.7 cm³/mol. The van der Waals surface area contributed by atoms with Crippen LogP contribution in [0.2, 0.25) is 0 Å². The van der Waals surface area contributed by atoms with Crippen LogP contribution in [0.1, 0.15) is 27.7 Å². The van der Waals surface area contributed by atoms with Crippen molar-refractivity contribution in [3.05, 3.63) is 11.6 Å². The molecule has 5 heteroatoms. The van der Waals surface area contributed by atoms with Gasteiger partial charge in [0.05, 0.1) is 13.2 Å². The summed E-state index contributed by atoms with van der Waals surface area (Å²) in [4.78, 5) is 0. The molecule has 0 heterocycles. The van der Waals surface area contributed by atoms with Crippen LogP contribution in [0, 0.1) is 0 Å². The van der Waals surface area contributed by atoms with Gasteiger partial charge in [-0.15, -0.1) is 0 Å². The van der Waals surface area contributed by atoms with Crippen molar-refractivity contribution in [2.24, 2.45) is 0 Å². The molecule has 14 heavy (non-hydrogen) atoms. The molecule has 0 unspecified atom stereocenters. The average Bonchev–Trinajstić information content (AvgIpc) is 2.03. The first-order chi connectivity index (χ1) is 6.54. The SMILES string of the molecule is CCOP(=O)(OCC)SCC=C(C)C. The van der Waals surface area contributed by atoms with E-state index in [0.717, 1.165) is 0 Å². The average molecular weight is 238 g/mol. The van der Waals surface area contributed by atoms with Gasteiger partial charge >= 0.3 is 6.80 Å². The van der Waals surface area contributed by atoms with E-state index in [1.807, 2.05) is 33.8 Å². The fraction of sp³-hybridized carbons (Fsp3) is 0.778. The van der Waals surface area contributed by atoms with Crippen LogP contribution >= 0.6 is 18.2 Å². The van der Waals surface area contributed by atoms with E-state index in [1.165, 1.54) is 17.0 Å². The lowest BCUT2D eigenvalue weighted by Crippen LogP contribution is -1.92. The highest BCUT2D eigenvalue weighted by molar-refractivity contribution is 8.55. The molecule has 0 fully saturated rings. The van der Waals surface area contributed by atoms with Crippen molar-refractivity contribution in [1.29, 1.82) is 0 Å². The Morgan fingerprint density at radius 3 is 2.14 bits per heavy atom. The maximum atomic E-state index is 11.9. The molecule has 0 spiro atoms. The molecule has 0 saturated carbocycles. The summed E-state index contributed by atoms with van der Waals surface area (Å²) in [6.07, 6.45) is 2.01. The Kier molecular flexibility index (Phi) is 7.65. The minimum Gasteiger partial charge on any atom is -0.301 e. The van der Waals surface area contributed by atoms with Gasteiger partial charge in [0.2, 0.25) is 0 Å². The van der Waals surface area contributed by atoms with Gasteiger partial charge in [0.15, 0.2) is 0 Å². The summed E-state index contributed by atoms with van der Waals surface area (Å²) in [6, 6.07) is 0. The maximum absolute atomic E-state index is 11.9. The lowest BCUT2D eigenvalue weighted by molar-refractivity contribution is 0.237. The van der Waals surface area contributed by atoms with E-state index in [2.05, 4.69) is 0 Å². The zero-order valence-electron chi connectivity index (χ0n) is 9.28. The van der Waals surface area contributed by atoms with Crippen LogP contribution < -0.4 is 0 Å². The standard InChI is InChI=1S/C9H19O3PS/c1-5-11-13(10,12-6-2)14-8-7-9(3)4/h7H,5-6,8H2,1-4H3. The summed E-state index contributed by atoms with van der Waals surface area (Å²) in [5, 5.41) is 0. The Bertz CT molecular complexity index is 214. The van der Waals surface area contributed by atoms with Gasteiger partial charge < -0.3 is 9.05 Å². The van der Waals surface area contributed by atoms with E-state index < -0.39 is 6.80 Å². The van der Waals surface area contributed by atoms with E-state index in [4.69, 9.17) is 9.05 Å². The molecule has 0 rings (SSSR count). The lowest BCUT2D eigenvalue weighted by atomic mass is 10.3. The van der Waals surface area contributed by atoms with Crippen LogP contribution in [0.25, 0.3) is 0 Å². The van der Waals surface area contributed by atoms with E-state index in [0.29, 0.717) is 19.0 Å². The molecular weight excluding hydrogens is 219 g/mol. The maximum Gasteiger partial charge on any atom is 0.389 e. The first-order valence-electron chi connectivity index (χ1n) is 4.71. The quantitative estimate of drug-likeness (QED) is 0.498. The molecule has 0 aromatic carbocycles. The van der Waals surface area contributed by atoms with E-state index in [1.54, 1.807) is 0 Å². The van der Waals surface area contributed by atoms with Crippen molar-refractivity contribution in [2.45, 2.75) is 27.7 Å². The molecule has 0 amide bonds. The highest BCUT2D eigenvalue weighted by atomic mass is 32.7. The lowest BCUT2D eigenvalue weighted by Gasteiger charge is -2.14. The second kappa shape index (κ2) is 7.52. The summed E-state index contributed by atoms with van der Waals surface area (Å²) in [7, 11) is 0. The molecule has 0 atom stereocenters. The van der Waals surface area contributed by atoms with Gasteiger partial charge in [-0.25, -0.2) is 4.57 Å². The van der Waals surface area contributed by atoms with Crippen molar-refractivity contribution in [3.63, 3.8) is 0 Å². The summed E-state index contributed by atoms with van der Waals surface area (Å²) < 4.78 is 22.1. The first-order valence-corrected chi connectivity index (χ1v) is 7.84. The van der Waals surface area contributed by atoms with Crippen LogP contribution in [-0.2, 0) is 13.6 Å². The van der Waals surface area contributed by atoms with Gasteiger partial charge in [-0.2, -0.15) is 0 Å². The molecular formula is C9H19O3PS. The van der Waals surface area contributed by atoms with Gasteiger partial charge in [0.1, 0.15) is 0 Å². The molecule has 0 radical (unpaired) electrons. The van der Waals surface area contributed by atoms with E-state index in [-0.39, 0.29) is 0 Å². The Hall–Kier alpha value is 0.240. The molecule has 0 saturated heterocycles. The van der Waals surface area contributed by atoms with Gasteiger partial charge in [-0.05, 0) is 39.1 Å². The Morgan fingerprint density at radius 1 is 1.29 bits per heavy atom. The van der Waals surface area contributed by atoms with Gasteiger partial charge in [-0.3, -0.25) is 0 Å². The molecule has 0 aromatic heterocycles. The summed E-state index contributed by atoms with van der Waals surface area (Å²) in [6.45, 7) is 5.57. The third-order valence-corrected chi connectivity index (χ3v) is 5.11. The summed E-state index contributed by atoms with van der Waals surface area (Å²) in [5.41, 5.74) is 1.21. The van der Waals surface area contributed by atoms with E-state index >= 15 is 0 Å². The molecule has 0 aliphatic rings. The fourth-order valence-corrected chi connectivity index (χ4v) is 4.02. The third-order valence-electron chi connectivity index (χ3n) is 1.30. The smallest absolute Gasteiger partial charge is 0.301 e. The minimum atomic E-state index is -2.90. The fourth-order valence-electron chi connectivity index (χ4n) is 0.723. The van der Waals surface area contributed by atoms with Crippen molar-refractivity contribution in [3.8, 4) is 0 Å². The van der Waals surface area contributed by atoms with Crippen LogP contribution in [0.15, 0.2) is 11.6 Å². The summed E-state index contributed by atoms with van der Waals surface area (Å²) in [5.74, 6) is 0.666. The van der Waals surface area contributed by atoms with Crippen LogP contribution in [-0.4, -0.2) is 19.0 Å². The van der Waals surface area contributed by atoms with E-state index in [9.17, 15) is 4.57 Å². The van der Waals surface area contributed by atoms with Crippen molar-refractivity contribution in [1.82, 2.24) is 0 Å². The first kappa shape index (κ1) is 14.2. The largest absolute Gasteiger partial charge is 0.389 e. The third kappa shape index (κ3) is 6.66. The molecule has 0 N–H and O–H groups in total. The van der Waals surface area contributed by atoms with Crippen LogP contribution in [0.3, 0.4) is 0 Å². The Morgan fingerprint density at radius 2 is 1.79 bits per heavy atom. The van der Waals surface area contributed by atoms with Gasteiger partial charge in [0, 0.05) is 5.75 Å². The number of hydrogen-bond donors (Lipinski definition) is 0. The van der Waals surface area contributed by atoms with Gasteiger partial charge in [-0.1, -0.05) is 11.6 Å². The highest BCUT2D eigenvalue weighted by Crippen LogP contribution is 2.60. The zero-order valence-corrected chi connectivity index (χ0v) is 11.0. The minimum absolute atomic E-state index is 0.416.